The lowest BCUT2D eigenvalue weighted by Crippen LogP contribution is -1.93. The van der Waals surface area contributed by atoms with Gasteiger partial charge in [-0.2, -0.15) is 0 Å². The number of imidazole rings is 1. The Hall–Kier alpha value is -1.43. The van der Waals surface area contributed by atoms with E-state index in [0.29, 0.717) is 10.5 Å². The molecule has 0 spiro atoms. The molecule has 56 valence electrons. The van der Waals surface area contributed by atoms with Crippen LogP contribution in [0.25, 0.3) is 10.5 Å². The highest BCUT2D eigenvalue weighted by Gasteiger charge is 2.10. The Morgan fingerprint density at radius 2 is 2.55 bits per heavy atom. The fraction of sp³-hybridized carbons (Fsp3) is 0. The van der Waals surface area contributed by atoms with Crippen molar-refractivity contribution in [3.8, 4) is 0 Å². The van der Waals surface area contributed by atoms with Gasteiger partial charge in [0.15, 0.2) is 10.5 Å². The second-order valence-corrected chi connectivity index (χ2v) is 2.86. The highest BCUT2D eigenvalue weighted by atomic mass is 32.1. The lowest BCUT2D eigenvalue weighted by molar-refractivity contribution is 0.0696. The van der Waals surface area contributed by atoms with Crippen LogP contribution in [-0.4, -0.2) is 26.0 Å². The molecule has 0 aliphatic rings. The number of carboxylic acid groups (broad SMARTS) is 1. The van der Waals surface area contributed by atoms with Crippen molar-refractivity contribution in [2.24, 2.45) is 0 Å². The van der Waals surface area contributed by atoms with E-state index < -0.39 is 5.97 Å². The summed E-state index contributed by atoms with van der Waals surface area (Å²) in [6.45, 7) is 0. The number of hydrogen-bond acceptors (Lipinski definition) is 4. The highest BCUT2D eigenvalue weighted by molar-refractivity contribution is 7.19. The predicted octanol–water partition coefficient (Wildman–Crippen LogP) is 0.718. The number of carbonyl (C=O) groups is 1. The number of rotatable bonds is 1. The van der Waals surface area contributed by atoms with Gasteiger partial charge in [-0.05, 0) is 0 Å². The molecule has 0 unspecified atom stereocenters. The number of aromatic carboxylic acids is 1. The summed E-state index contributed by atoms with van der Waals surface area (Å²) < 4.78 is 0. The van der Waals surface area contributed by atoms with Gasteiger partial charge < -0.3 is 10.1 Å². The van der Waals surface area contributed by atoms with Crippen molar-refractivity contribution in [3.63, 3.8) is 0 Å². The van der Waals surface area contributed by atoms with Crippen LogP contribution in [0.3, 0.4) is 0 Å². The highest BCUT2D eigenvalue weighted by Crippen LogP contribution is 2.17. The lowest BCUT2D eigenvalue weighted by Gasteiger charge is -1.78. The second-order valence-electron chi connectivity index (χ2n) is 1.88. The minimum atomic E-state index is -1.01. The first-order chi connectivity index (χ1) is 5.27. The molecule has 5 nitrogen and oxygen atoms in total. The van der Waals surface area contributed by atoms with Crippen molar-refractivity contribution >= 4 is 27.8 Å². The van der Waals surface area contributed by atoms with Gasteiger partial charge in [0.25, 0.3) is 0 Å². The number of aromatic amines is 1. The van der Waals surface area contributed by atoms with E-state index in [2.05, 4.69) is 15.0 Å². The van der Waals surface area contributed by atoms with E-state index in [9.17, 15) is 4.79 Å². The molecular weight excluding hydrogens is 166 g/mol. The molecule has 0 saturated carbocycles. The van der Waals surface area contributed by atoms with Gasteiger partial charge in [0, 0.05) is 0 Å². The van der Waals surface area contributed by atoms with Gasteiger partial charge >= 0.3 is 5.97 Å². The molecule has 0 bridgehead atoms. The predicted molar refractivity (Wildman–Crippen MR) is 38.7 cm³/mol. The van der Waals surface area contributed by atoms with Gasteiger partial charge in [0.1, 0.15) is 0 Å². The molecule has 2 N–H and O–H groups in total. The van der Waals surface area contributed by atoms with Crippen LogP contribution in [0.2, 0.25) is 0 Å². The maximum absolute atomic E-state index is 10.4. The molecule has 0 aliphatic carbocycles. The van der Waals surface area contributed by atoms with Crippen molar-refractivity contribution in [1.82, 2.24) is 15.0 Å². The standard InChI is InChI=1S/C5H3N3O2S/c9-5(10)4-8-2-3(11-4)7-1-6-2/h1H,(H,6,7)(H,9,10). The van der Waals surface area contributed by atoms with Crippen molar-refractivity contribution in [2.75, 3.05) is 0 Å². The van der Waals surface area contributed by atoms with Crippen LogP contribution in [0.15, 0.2) is 6.33 Å². The zero-order chi connectivity index (χ0) is 7.84. The Labute approximate surface area is 64.7 Å². The molecule has 11 heavy (non-hydrogen) atoms. The van der Waals surface area contributed by atoms with E-state index >= 15 is 0 Å². The first kappa shape index (κ1) is 6.29. The maximum atomic E-state index is 10.4. The van der Waals surface area contributed by atoms with Gasteiger partial charge in [-0.1, -0.05) is 11.3 Å². The summed E-state index contributed by atoms with van der Waals surface area (Å²) in [5.74, 6) is -1.01. The zero-order valence-corrected chi connectivity index (χ0v) is 6.05. The quantitative estimate of drug-likeness (QED) is 0.659. The summed E-state index contributed by atoms with van der Waals surface area (Å²) in [7, 11) is 0. The molecule has 0 saturated heterocycles. The molecule has 6 heteroatoms. The van der Waals surface area contributed by atoms with Crippen LogP contribution in [0.5, 0.6) is 0 Å². The van der Waals surface area contributed by atoms with Gasteiger partial charge in [-0.3, -0.25) is 0 Å². The summed E-state index contributed by atoms with van der Waals surface area (Å²) in [5, 5.41) is 8.58. The largest absolute Gasteiger partial charge is 0.476 e. The second kappa shape index (κ2) is 2.03. The molecule has 2 aromatic rings. The number of nitrogens with one attached hydrogen (secondary N) is 1. The number of thiazole rings is 1. The Kier molecular flexibility index (Phi) is 1.16. The smallest absolute Gasteiger partial charge is 0.365 e. The molecule has 0 aromatic carbocycles. The Balaban J connectivity index is 2.67. The van der Waals surface area contributed by atoms with Crippen LogP contribution < -0.4 is 0 Å². The summed E-state index contributed by atoms with van der Waals surface area (Å²) in [6.07, 6.45) is 1.49. The van der Waals surface area contributed by atoms with Crippen LogP contribution in [0.4, 0.5) is 0 Å². The van der Waals surface area contributed by atoms with Crippen LogP contribution in [-0.2, 0) is 0 Å². The summed E-state index contributed by atoms with van der Waals surface area (Å²) >= 11 is 1.06. The van der Waals surface area contributed by atoms with Crippen molar-refractivity contribution in [2.45, 2.75) is 0 Å². The number of carboxylic acids is 1. The van der Waals surface area contributed by atoms with E-state index in [-0.39, 0.29) is 5.01 Å². The van der Waals surface area contributed by atoms with Crippen molar-refractivity contribution in [3.05, 3.63) is 11.3 Å². The molecule has 0 aliphatic heterocycles. The van der Waals surface area contributed by atoms with Gasteiger partial charge in [0.2, 0.25) is 5.01 Å². The third kappa shape index (κ3) is 0.874. The number of fused-ring (bicyclic) bond motifs is 1. The number of hydrogen-bond donors (Lipinski definition) is 2. The minimum absolute atomic E-state index is 0.0688. The van der Waals surface area contributed by atoms with Crippen LogP contribution in [0, 0.1) is 0 Å². The molecule has 2 aromatic heterocycles. The SMILES string of the molecule is O=C(O)c1nc2[nH]cnc2s1. The fourth-order valence-corrected chi connectivity index (χ4v) is 1.45. The molecule has 0 radical (unpaired) electrons. The summed E-state index contributed by atoms with van der Waals surface area (Å²) in [4.78, 5) is 21.4. The molecule has 0 amide bonds. The van der Waals surface area contributed by atoms with E-state index in [1.807, 2.05) is 0 Å². The topological polar surface area (TPSA) is 78.9 Å². The third-order valence-corrected chi connectivity index (χ3v) is 2.13. The fourth-order valence-electron chi connectivity index (χ4n) is 0.737. The first-order valence-electron chi connectivity index (χ1n) is 2.80. The Morgan fingerprint density at radius 3 is 3.18 bits per heavy atom. The molecule has 2 heterocycles. The van der Waals surface area contributed by atoms with Gasteiger partial charge in [-0.15, -0.1) is 0 Å². The molecule has 2 rings (SSSR count). The normalized spacial score (nSPS) is 10.5. The average molecular weight is 169 g/mol. The Bertz CT molecular complexity index is 376. The number of H-pyrrole nitrogens is 1. The van der Waals surface area contributed by atoms with Crippen molar-refractivity contribution in [1.29, 1.82) is 0 Å². The average Bonchev–Trinajstić information content (AvgIpc) is 2.40. The molecular formula is C5H3N3O2S. The van der Waals surface area contributed by atoms with E-state index in [1.54, 1.807) is 0 Å². The zero-order valence-electron chi connectivity index (χ0n) is 5.24. The maximum Gasteiger partial charge on any atom is 0.365 e. The van der Waals surface area contributed by atoms with E-state index in [0.717, 1.165) is 11.3 Å². The van der Waals surface area contributed by atoms with Crippen LogP contribution in [0.1, 0.15) is 9.80 Å². The molecule has 0 fully saturated rings. The van der Waals surface area contributed by atoms with Gasteiger partial charge in [0.05, 0.1) is 6.33 Å². The third-order valence-electron chi connectivity index (χ3n) is 1.18. The van der Waals surface area contributed by atoms with Gasteiger partial charge in [-0.25, -0.2) is 14.8 Å². The number of nitrogens with zero attached hydrogens (tertiary/aromatic N) is 2. The van der Waals surface area contributed by atoms with Crippen LogP contribution >= 0.6 is 11.3 Å². The number of aromatic nitrogens is 3. The van der Waals surface area contributed by atoms with E-state index in [4.69, 9.17) is 5.11 Å². The first-order valence-corrected chi connectivity index (χ1v) is 3.62. The Morgan fingerprint density at radius 1 is 1.73 bits per heavy atom. The van der Waals surface area contributed by atoms with Crippen molar-refractivity contribution < 1.29 is 9.90 Å². The van der Waals surface area contributed by atoms with E-state index in [1.165, 1.54) is 6.33 Å². The summed E-state index contributed by atoms with van der Waals surface area (Å²) in [6, 6.07) is 0. The molecule has 0 atom stereocenters. The lowest BCUT2D eigenvalue weighted by atomic mass is 10.7. The minimum Gasteiger partial charge on any atom is -0.476 e. The monoisotopic (exact) mass is 169 g/mol. The summed E-state index contributed by atoms with van der Waals surface area (Å²) in [5.41, 5.74) is 0.535.